The average Bonchev–Trinajstić information content (AvgIpc) is 2.86. The highest BCUT2D eigenvalue weighted by atomic mass is 16.6. The van der Waals surface area contributed by atoms with Gasteiger partial charge < -0.3 is 20.3 Å². The Labute approximate surface area is 249 Å². The SMILES string of the molecule is CCC(C)C(NC(=O)OC(C)(C)C)C(=O)N(C(C)CCC(C)C)C(C(=O)NC1CCCCC1)c1cc(C)cc(C)c1. The molecule has 0 heterocycles. The summed E-state index contributed by atoms with van der Waals surface area (Å²) in [5, 5.41) is 6.21. The lowest BCUT2D eigenvalue weighted by molar-refractivity contribution is -0.146. The normalized spacial score (nSPS) is 17.3. The number of nitrogens with one attached hydrogen (secondary N) is 2. The van der Waals surface area contributed by atoms with E-state index in [-0.39, 0.29) is 29.8 Å². The molecule has 1 aliphatic carbocycles. The average molecular weight is 572 g/mol. The number of carbonyl (C=O) groups is 3. The molecular formula is C34H57N3O4. The van der Waals surface area contributed by atoms with Crippen molar-refractivity contribution in [1.29, 1.82) is 0 Å². The van der Waals surface area contributed by atoms with Gasteiger partial charge in [0.15, 0.2) is 0 Å². The molecule has 0 saturated heterocycles. The molecule has 1 aromatic rings. The van der Waals surface area contributed by atoms with Crippen LogP contribution in [0.4, 0.5) is 4.79 Å². The smallest absolute Gasteiger partial charge is 0.408 e. The Hall–Kier alpha value is -2.57. The lowest BCUT2D eigenvalue weighted by Crippen LogP contribution is -2.58. The molecule has 3 amide bonds. The van der Waals surface area contributed by atoms with E-state index in [1.165, 1.54) is 6.42 Å². The van der Waals surface area contributed by atoms with Crippen LogP contribution in [0.15, 0.2) is 18.2 Å². The molecule has 4 unspecified atom stereocenters. The van der Waals surface area contributed by atoms with E-state index in [2.05, 4.69) is 30.5 Å². The van der Waals surface area contributed by atoms with Crippen LogP contribution in [-0.4, -0.2) is 46.5 Å². The molecule has 1 aromatic carbocycles. The summed E-state index contributed by atoms with van der Waals surface area (Å²) in [7, 11) is 0. The fourth-order valence-corrected chi connectivity index (χ4v) is 5.72. The molecule has 41 heavy (non-hydrogen) atoms. The Morgan fingerprint density at radius 3 is 2.05 bits per heavy atom. The Balaban J connectivity index is 2.62. The number of hydrogen-bond donors (Lipinski definition) is 2. The van der Waals surface area contributed by atoms with Gasteiger partial charge in [0.05, 0.1) is 0 Å². The van der Waals surface area contributed by atoms with Crippen LogP contribution in [0.2, 0.25) is 0 Å². The van der Waals surface area contributed by atoms with E-state index in [4.69, 9.17) is 4.74 Å². The zero-order chi connectivity index (χ0) is 30.9. The first-order valence-corrected chi connectivity index (χ1v) is 15.8. The van der Waals surface area contributed by atoms with E-state index >= 15 is 0 Å². The highest BCUT2D eigenvalue weighted by Crippen LogP contribution is 2.31. The highest BCUT2D eigenvalue weighted by Gasteiger charge is 2.41. The number of hydrogen-bond acceptors (Lipinski definition) is 4. The number of amides is 3. The zero-order valence-electron chi connectivity index (χ0n) is 27.4. The van der Waals surface area contributed by atoms with Crippen LogP contribution < -0.4 is 10.6 Å². The maximum atomic E-state index is 14.7. The topological polar surface area (TPSA) is 87.7 Å². The highest BCUT2D eigenvalue weighted by molar-refractivity contribution is 5.92. The summed E-state index contributed by atoms with van der Waals surface area (Å²) in [4.78, 5) is 43.7. The molecule has 7 nitrogen and oxygen atoms in total. The first-order chi connectivity index (χ1) is 19.1. The van der Waals surface area contributed by atoms with Gasteiger partial charge in [0, 0.05) is 12.1 Å². The van der Waals surface area contributed by atoms with E-state index < -0.39 is 23.8 Å². The van der Waals surface area contributed by atoms with Gasteiger partial charge in [0.25, 0.3) is 0 Å². The second-order valence-corrected chi connectivity index (χ2v) is 13.7. The minimum atomic E-state index is -0.827. The molecule has 0 spiro atoms. The van der Waals surface area contributed by atoms with Crippen LogP contribution in [0.25, 0.3) is 0 Å². The third-order valence-electron chi connectivity index (χ3n) is 8.08. The zero-order valence-corrected chi connectivity index (χ0v) is 27.4. The minimum absolute atomic E-state index is 0.109. The molecule has 0 aromatic heterocycles. The van der Waals surface area contributed by atoms with Crippen LogP contribution >= 0.6 is 0 Å². The van der Waals surface area contributed by atoms with Crippen LogP contribution in [0.5, 0.6) is 0 Å². The third-order valence-corrected chi connectivity index (χ3v) is 8.08. The molecule has 0 bridgehead atoms. The molecule has 1 saturated carbocycles. The van der Waals surface area contributed by atoms with Crippen LogP contribution in [-0.2, 0) is 14.3 Å². The first kappa shape index (κ1) is 34.6. The Morgan fingerprint density at radius 2 is 1.54 bits per heavy atom. The fourth-order valence-electron chi connectivity index (χ4n) is 5.72. The molecule has 4 atom stereocenters. The van der Waals surface area contributed by atoms with Gasteiger partial charge in [-0.1, -0.05) is 82.7 Å². The number of ether oxygens (including phenoxy) is 1. The van der Waals surface area contributed by atoms with E-state index in [0.717, 1.165) is 55.2 Å². The number of carbonyl (C=O) groups excluding carboxylic acids is 3. The fraction of sp³-hybridized carbons (Fsp3) is 0.735. The maximum absolute atomic E-state index is 14.7. The van der Waals surface area contributed by atoms with Crippen molar-refractivity contribution in [3.63, 3.8) is 0 Å². The van der Waals surface area contributed by atoms with Gasteiger partial charge in [-0.15, -0.1) is 0 Å². The molecular weight excluding hydrogens is 514 g/mol. The van der Waals surface area contributed by atoms with E-state index in [1.54, 1.807) is 25.7 Å². The molecule has 1 fully saturated rings. The van der Waals surface area contributed by atoms with Crippen LogP contribution in [0.3, 0.4) is 0 Å². The van der Waals surface area contributed by atoms with E-state index in [9.17, 15) is 14.4 Å². The summed E-state index contributed by atoms with van der Waals surface area (Å²) in [6.45, 7) is 19.8. The van der Waals surface area contributed by atoms with Crippen molar-refractivity contribution in [1.82, 2.24) is 15.5 Å². The summed E-state index contributed by atoms with van der Waals surface area (Å²) in [5.74, 6) is -0.0947. The number of nitrogens with zero attached hydrogens (tertiary/aromatic N) is 1. The first-order valence-electron chi connectivity index (χ1n) is 15.8. The summed E-state index contributed by atoms with van der Waals surface area (Å²) < 4.78 is 5.56. The minimum Gasteiger partial charge on any atom is -0.444 e. The van der Waals surface area contributed by atoms with Gasteiger partial charge in [0.2, 0.25) is 11.8 Å². The molecule has 7 heteroatoms. The van der Waals surface area contributed by atoms with Crippen molar-refractivity contribution >= 4 is 17.9 Å². The van der Waals surface area contributed by atoms with Gasteiger partial charge in [-0.25, -0.2) is 4.79 Å². The summed E-state index contributed by atoms with van der Waals surface area (Å²) in [6.07, 6.45) is 7.03. The standard InChI is InChI=1S/C34H57N3O4/c1-11-25(6)29(36-33(40)41-34(8,9)10)32(39)37(26(7)18-17-22(2)3)30(27-20-23(4)19-24(5)21-27)31(38)35-28-15-13-12-14-16-28/h19-22,25-26,28-30H,11-18H2,1-10H3,(H,35,38)(H,36,40). The van der Waals surface area contributed by atoms with Crippen molar-refractivity contribution in [2.24, 2.45) is 11.8 Å². The summed E-state index contributed by atoms with van der Waals surface area (Å²) in [5.41, 5.74) is 2.20. The Bertz CT molecular complexity index is 989. The summed E-state index contributed by atoms with van der Waals surface area (Å²) in [6, 6.07) is 4.38. The van der Waals surface area contributed by atoms with Crippen molar-refractivity contribution in [2.75, 3.05) is 0 Å². The van der Waals surface area contributed by atoms with Gasteiger partial charge >= 0.3 is 6.09 Å². The lowest BCUT2D eigenvalue weighted by atomic mass is 9.91. The van der Waals surface area contributed by atoms with Gasteiger partial charge in [-0.2, -0.15) is 0 Å². The second-order valence-electron chi connectivity index (χ2n) is 13.7. The number of aryl methyl sites for hydroxylation is 2. The van der Waals surface area contributed by atoms with Crippen molar-refractivity contribution < 1.29 is 19.1 Å². The van der Waals surface area contributed by atoms with Crippen molar-refractivity contribution in [3.8, 4) is 0 Å². The molecule has 1 aliphatic rings. The molecule has 2 N–H and O–H groups in total. The number of alkyl carbamates (subject to hydrolysis) is 1. The van der Waals surface area contributed by atoms with Gasteiger partial charge in [-0.3, -0.25) is 9.59 Å². The number of benzene rings is 1. The van der Waals surface area contributed by atoms with E-state index in [0.29, 0.717) is 12.3 Å². The van der Waals surface area contributed by atoms with Gasteiger partial charge in [0.1, 0.15) is 17.7 Å². The largest absolute Gasteiger partial charge is 0.444 e. The van der Waals surface area contributed by atoms with Crippen LogP contribution in [0.1, 0.15) is 129 Å². The Morgan fingerprint density at radius 1 is 0.951 bits per heavy atom. The third kappa shape index (κ3) is 11.0. The van der Waals surface area contributed by atoms with Gasteiger partial charge in [-0.05, 0) is 84.6 Å². The monoisotopic (exact) mass is 571 g/mol. The van der Waals surface area contributed by atoms with Crippen LogP contribution in [0, 0.1) is 25.7 Å². The molecule has 232 valence electrons. The number of rotatable bonds is 12. The summed E-state index contributed by atoms with van der Waals surface area (Å²) >= 11 is 0. The van der Waals surface area contributed by atoms with Crippen molar-refractivity contribution in [3.05, 3.63) is 34.9 Å². The Kier molecular flexibility index (Phi) is 13.2. The molecule has 0 radical (unpaired) electrons. The van der Waals surface area contributed by atoms with E-state index in [1.807, 2.05) is 46.8 Å². The molecule has 0 aliphatic heterocycles. The van der Waals surface area contributed by atoms with Crippen molar-refractivity contribution in [2.45, 2.75) is 150 Å². The predicted octanol–water partition coefficient (Wildman–Crippen LogP) is 7.39. The predicted molar refractivity (Wildman–Crippen MR) is 167 cm³/mol. The second kappa shape index (κ2) is 15.6. The molecule has 2 rings (SSSR count). The quantitative estimate of drug-likeness (QED) is 0.274. The lowest BCUT2D eigenvalue weighted by Gasteiger charge is -2.40. The maximum Gasteiger partial charge on any atom is 0.408 e.